The number of benzene rings is 1. The smallest absolute Gasteiger partial charge is 0.267 e. The van der Waals surface area contributed by atoms with Gasteiger partial charge in [0.05, 0.1) is 5.69 Å². The normalized spacial score (nSPS) is 12.4. The Kier molecular flexibility index (Phi) is 4.63. The van der Waals surface area contributed by atoms with Gasteiger partial charge in [0.25, 0.3) is 5.91 Å². The molecule has 0 fully saturated rings. The third-order valence-electron chi connectivity index (χ3n) is 3.68. The van der Waals surface area contributed by atoms with Crippen molar-refractivity contribution in [1.82, 2.24) is 4.98 Å². The van der Waals surface area contributed by atoms with Crippen LogP contribution >= 0.6 is 11.3 Å². The largest absolute Gasteiger partial charge is 0.454 e. The van der Waals surface area contributed by atoms with E-state index in [1.165, 1.54) is 18.3 Å². The highest BCUT2D eigenvalue weighted by Gasteiger charge is 2.23. The Bertz CT molecular complexity index is 831. The number of rotatable bonds is 4. The molecule has 25 heavy (non-hydrogen) atoms. The number of ether oxygens (including phenoxy) is 2. The quantitative estimate of drug-likeness (QED) is 0.904. The summed E-state index contributed by atoms with van der Waals surface area (Å²) in [6, 6.07) is 5.18. The van der Waals surface area contributed by atoms with Gasteiger partial charge in [-0.3, -0.25) is 14.5 Å². The van der Waals surface area contributed by atoms with Crippen molar-refractivity contribution in [2.45, 2.75) is 33.7 Å². The van der Waals surface area contributed by atoms with Crippen LogP contribution in [-0.2, 0) is 4.79 Å². The topological polar surface area (TPSA) is 80.8 Å². The van der Waals surface area contributed by atoms with E-state index in [4.69, 9.17) is 9.47 Å². The number of aryl methyl sites for hydroxylation is 1. The molecule has 0 spiro atoms. The third kappa shape index (κ3) is 3.43. The monoisotopic (exact) mass is 361 g/mol. The highest BCUT2D eigenvalue weighted by Crippen LogP contribution is 2.35. The molecule has 1 aliphatic rings. The van der Waals surface area contributed by atoms with Gasteiger partial charge >= 0.3 is 0 Å². The Balaban J connectivity index is 1.82. The first-order valence-electron chi connectivity index (χ1n) is 7.85. The van der Waals surface area contributed by atoms with Crippen molar-refractivity contribution in [2.75, 3.05) is 17.0 Å². The van der Waals surface area contributed by atoms with E-state index in [2.05, 4.69) is 10.3 Å². The number of anilines is 2. The number of nitrogens with one attached hydrogen (secondary N) is 1. The van der Waals surface area contributed by atoms with Gasteiger partial charge < -0.3 is 14.8 Å². The molecule has 7 nitrogen and oxygen atoms in total. The molecule has 0 atom stereocenters. The van der Waals surface area contributed by atoms with E-state index < -0.39 is 0 Å². The van der Waals surface area contributed by atoms with Crippen molar-refractivity contribution >= 4 is 34.0 Å². The van der Waals surface area contributed by atoms with E-state index >= 15 is 0 Å². The number of carbonyl (C=O) groups excluding carboxylic acids is 2. The highest BCUT2D eigenvalue weighted by molar-refractivity contribution is 7.17. The predicted octanol–water partition coefficient (Wildman–Crippen LogP) is 3.19. The first kappa shape index (κ1) is 17.2. The van der Waals surface area contributed by atoms with Crippen molar-refractivity contribution in [3.63, 3.8) is 0 Å². The van der Waals surface area contributed by atoms with Crippen molar-refractivity contribution in [1.29, 1.82) is 0 Å². The molecule has 0 saturated heterocycles. The number of hydrogen-bond acceptors (Lipinski definition) is 6. The second kappa shape index (κ2) is 6.72. The molecule has 1 aromatic heterocycles. The summed E-state index contributed by atoms with van der Waals surface area (Å²) in [6.45, 7) is 7.24. The van der Waals surface area contributed by atoms with Crippen molar-refractivity contribution in [3.8, 4) is 11.5 Å². The van der Waals surface area contributed by atoms with E-state index in [1.54, 1.807) is 30.0 Å². The minimum atomic E-state index is -0.271. The Morgan fingerprint density at radius 3 is 2.68 bits per heavy atom. The molecule has 2 amide bonds. The molecule has 0 bridgehead atoms. The van der Waals surface area contributed by atoms with E-state index in [-0.39, 0.29) is 24.6 Å². The molecule has 1 aliphatic heterocycles. The highest BCUT2D eigenvalue weighted by atomic mass is 32.1. The summed E-state index contributed by atoms with van der Waals surface area (Å²) in [5.74, 6) is 0.879. The van der Waals surface area contributed by atoms with Gasteiger partial charge in [-0.05, 0) is 32.9 Å². The molecule has 0 saturated carbocycles. The molecule has 0 radical (unpaired) electrons. The standard InChI is InChI=1S/C17H19N3O4S/c1-9(2)20(11(4)21)17-18-10(3)15(25-17)16(22)19-12-5-6-13-14(7-12)24-8-23-13/h5-7,9H,8H2,1-4H3,(H,19,22). The van der Waals surface area contributed by atoms with Crippen LogP contribution in [0.3, 0.4) is 0 Å². The summed E-state index contributed by atoms with van der Waals surface area (Å²) in [5.41, 5.74) is 1.20. The zero-order valence-electron chi connectivity index (χ0n) is 14.5. The third-order valence-corrected chi connectivity index (χ3v) is 4.84. The van der Waals surface area contributed by atoms with E-state index in [0.717, 1.165) is 0 Å². The Morgan fingerprint density at radius 2 is 2.00 bits per heavy atom. The number of aromatic nitrogens is 1. The first-order chi connectivity index (χ1) is 11.9. The molecular formula is C17H19N3O4S. The predicted molar refractivity (Wildman–Crippen MR) is 95.7 cm³/mol. The van der Waals surface area contributed by atoms with Crippen LogP contribution in [0.1, 0.15) is 36.1 Å². The summed E-state index contributed by atoms with van der Waals surface area (Å²) in [7, 11) is 0. The van der Waals surface area contributed by atoms with E-state index in [9.17, 15) is 9.59 Å². The summed E-state index contributed by atoms with van der Waals surface area (Å²) in [4.78, 5) is 30.9. The van der Waals surface area contributed by atoms with Gasteiger partial charge in [0.1, 0.15) is 4.88 Å². The molecule has 1 N–H and O–H groups in total. The molecule has 8 heteroatoms. The van der Waals surface area contributed by atoms with Crippen LogP contribution in [0.5, 0.6) is 11.5 Å². The van der Waals surface area contributed by atoms with Gasteiger partial charge in [0.2, 0.25) is 12.7 Å². The minimum Gasteiger partial charge on any atom is -0.454 e. The van der Waals surface area contributed by atoms with Gasteiger partial charge in [-0.1, -0.05) is 11.3 Å². The van der Waals surface area contributed by atoms with Crippen LogP contribution < -0.4 is 19.7 Å². The number of hydrogen-bond donors (Lipinski definition) is 1. The maximum Gasteiger partial charge on any atom is 0.267 e. The van der Waals surface area contributed by atoms with Gasteiger partial charge in [-0.2, -0.15) is 0 Å². The average molecular weight is 361 g/mol. The molecule has 2 heterocycles. The molecule has 1 aromatic carbocycles. The SMILES string of the molecule is CC(=O)N(c1nc(C)c(C(=O)Nc2ccc3c(c2)OCO3)s1)C(C)C. The van der Waals surface area contributed by atoms with Crippen LogP contribution in [0, 0.1) is 6.92 Å². The van der Waals surface area contributed by atoms with Gasteiger partial charge in [0, 0.05) is 24.7 Å². The van der Waals surface area contributed by atoms with Crippen molar-refractivity contribution < 1.29 is 19.1 Å². The van der Waals surface area contributed by atoms with E-state index in [0.29, 0.717) is 32.9 Å². The maximum atomic E-state index is 12.6. The lowest BCUT2D eigenvalue weighted by molar-refractivity contribution is -0.116. The van der Waals surface area contributed by atoms with Gasteiger partial charge in [-0.25, -0.2) is 4.98 Å². The average Bonchev–Trinajstić information content (AvgIpc) is 3.12. The lowest BCUT2D eigenvalue weighted by Crippen LogP contribution is -2.34. The van der Waals surface area contributed by atoms with Crippen molar-refractivity contribution in [2.24, 2.45) is 0 Å². The Hall–Kier alpha value is -2.61. The lowest BCUT2D eigenvalue weighted by atomic mass is 10.2. The van der Waals surface area contributed by atoms with Crippen LogP contribution in [0.2, 0.25) is 0 Å². The van der Waals surface area contributed by atoms with Gasteiger partial charge in [-0.15, -0.1) is 0 Å². The number of amides is 2. The fraction of sp³-hybridized carbons (Fsp3) is 0.353. The molecule has 2 aromatic rings. The summed E-state index contributed by atoms with van der Waals surface area (Å²) in [6.07, 6.45) is 0. The number of thiazole rings is 1. The molecule has 0 aliphatic carbocycles. The fourth-order valence-corrected chi connectivity index (χ4v) is 3.72. The van der Waals surface area contributed by atoms with Crippen LogP contribution in [0.15, 0.2) is 18.2 Å². The van der Waals surface area contributed by atoms with Crippen LogP contribution in [-0.4, -0.2) is 29.6 Å². The molecule has 0 unspecified atom stereocenters. The second-order valence-electron chi connectivity index (χ2n) is 5.92. The first-order valence-corrected chi connectivity index (χ1v) is 8.66. The van der Waals surface area contributed by atoms with Gasteiger partial charge in [0.15, 0.2) is 16.6 Å². The lowest BCUT2D eigenvalue weighted by Gasteiger charge is -2.21. The van der Waals surface area contributed by atoms with Crippen LogP contribution in [0.25, 0.3) is 0 Å². The number of nitrogens with zero attached hydrogens (tertiary/aromatic N) is 2. The summed E-state index contributed by atoms with van der Waals surface area (Å²) >= 11 is 1.20. The molecule has 3 rings (SSSR count). The molecular weight excluding hydrogens is 342 g/mol. The van der Waals surface area contributed by atoms with Crippen molar-refractivity contribution in [3.05, 3.63) is 28.8 Å². The Morgan fingerprint density at radius 1 is 1.28 bits per heavy atom. The maximum absolute atomic E-state index is 12.6. The number of carbonyl (C=O) groups is 2. The van der Waals surface area contributed by atoms with Crippen LogP contribution in [0.4, 0.5) is 10.8 Å². The minimum absolute atomic E-state index is 0.0344. The molecule has 132 valence electrons. The number of fused-ring (bicyclic) bond motifs is 1. The Labute approximate surface area is 149 Å². The zero-order valence-corrected chi connectivity index (χ0v) is 15.3. The summed E-state index contributed by atoms with van der Waals surface area (Å²) < 4.78 is 10.6. The zero-order chi connectivity index (χ0) is 18.1. The summed E-state index contributed by atoms with van der Waals surface area (Å²) in [5, 5.41) is 3.36. The second-order valence-corrected chi connectivity index (χ2v) is 6.89. The van der Waals surface area contributed by atoms with E-state index in [1.807, 2.05) is 13.8 Å². The fourth-order valence-electron chi connectivity index (χ4n) is 2.58.